The van der Waals surface area contributed by atoms with E-state index in [2.05, 4.69) is 13.8 Å². The van der Waals surface area contributed by atoms with E-state index in [0.717, 1.165) is 64.2 Å². The smallest absolute Gasteiger partial charge is 0.306 e. The molecular weight excluding hydrogens is 496 g/mol. The molecule has 0 aromatic rings. The number of rotatable bonds is 33. The molecule has 40 heavy (non-hydrogen) atoms. The van der Waals surface area contributed by atoms with Gasteiger partial charge in [0.2, 0.25) is 0 Å². The van der Waals surface area contributed by atoms with E-state index in [1.54, 1.807) is 0 Å². The molecule has 0 amide bonds. The lowest BCUT2D eigenvalue weighted by molar-refractivity contribution is -0.150. The van der Waals surface area contributed by atoms with Crippen LogP contribution in [0.3, 0.4) is 0 Å². The highest BCUT2D eigenvalue weighted by Crippen LogP contribution is 2.19. The molecule has 0 spiro atoms. The summed E-state index contributed by atoms with van der Waals surface area (Å²) in [6.07, 6.45) is 36.9. The Morgan fingerprint density at radius 2 is 0.750 bits per heavy atom. The molecule has 1 unspecified atom stereocenters. The fraction of sp³-hybridized carbons (Fsp3) is 0.944. The van der Waals surface area contributed by atoms with Gasteiger partial charge in [-0.15, -0.1) is 0 Å². The predicted molar refractivity (Wildman–Crippen MR) is 172 cm³/mol. The average molecular weight is 567 g/mol. The first-order valence-corrected chi connectivity index (χ1v) is 18.0. The number of carboxylic acid groups (broad SMARTS) is 1. The minimum absolute atomic E-state index is 0.00260. The van der Waals surface area contributed by atoms with Crippen LogP contribution in [-0.4, -0.2) is 23.1 Å². The SMILES string of the molecule is CCCCCCCCCCCCCCCCC(CCCCCCCC(=O)O)OC(=O)CCCCCCCCCC. The van der Waals surface area contributed by atoms with Crippen molar-refractivity contribution in [3.05, 3.63) is 0 Å². The summed E-state index contributed by atoms with van der Waals surface area (Å²) in [4.78, 5) is 23.2. The summed E-state index contributed by atoms with van der Waals surface area (Å²) in [5.41, 5.74) is 0. The highest BCUT2D eigenvalue weighted by Gasteiger charge is 2.14. The molecule has 0 aliphatic rings. The number of hydrogen-bond acceptors (Lipinski definition) is 3. The molecule has 0 saturated carbocycles. The minimum Gasteiger partial charge on any atom is -0.481 e. The molecule has 4 nitrogen and oxygen atoms in total. The van der Waals surface area contributed by atoms with E-state index in [1.807, 2.05) is 0 Å². The van der Waals surface area contributed by atoms with Gasteiger partial charge in [-0.3, -0.25) is 9.59 Å². The lowest BCUT2D eigenvalue weighted by Gasteiger charge is -2.18. The molecule has 0 fully saturated rings. The maximum atomic E-state index is 12.5. The van der Waals surface area contributed by atoms with E-state index in [4.69, 9.17) is 9.84 Å². The molecule has 0 rings (SSSR count). The molecule has 238 valence electrons. The van der Waals surface area contributed by atoms with E-state index in [-0.39, 0.29) is 18.5 Å². The molecule has 0 bridgehead atoms. The Bertz CT molecular complexity index is 533. The number of esters is 1. The molecule has 0 aromatic heterocycles. The van der Waals surface area contributed by atoms with Crippen LogP contribution in [0.1, 0.15) is 213 Å². The maximum Gasteiger partial charge on any atom is 0.306 e. The predicted octanol–water partition coefficient (Wildman–Crippen LogP) is 12.1. The number of carbonyl (C=O) groups is 2. The second kappa shape index (κ2) is 32.5. The summed E-state index contributed by atoms with van der Waals surface area (Å²) in [6, 6.07) is 0. The van der Waals surface area contributed by atoms with Crippen molar-refractivity contribution in [2.45, 2.75) is 219 Å². The van der Waals surface area contributed by atoms with Crippen LogP contribution in [0.15, 0.2) is 0 Å². The Kier molecular flexibility index (Phi) is 31.6. The topological polar surface area (TPSA) is 63.6 Å². The molecule has 1 N–H and O–H groups in total. The number of aliphatic carboxylic acids is 1. The summed E-state index contributed by atoms with van der Waals surface area (Å²) >= 11 is 0. The van der Waals surface area contributed by atoms with Crippen LogP contribution < -0.4 is 0 Å². The normalized spacial score (nSPS) is 12.1. The molecular formula is C36H70O4. The van der Waals surface area contributed by atoms with Crippen LogP contribution in [0.4, 0.5) is 0 Å². The van der Waals surface area contributed by atoms with Gasteiger partial charge in [0.1, 0.15) is 6.10 Å². The standard InChI is InChI=1S/C36H70O4/c1-3-5-7-9-11-13-14-15-16-17-18-19-22-26-30-34(31-27-23-21-24-28-32-35(37)38)40-36(39)33-29-25-20-12-10-8-6-4-2/h34H,3-33H2,1-2H3,(H,37,38). The van der Waals surface area contributed by atoms with Gasteiger partial charge in [-0.2, -0.15) is 0 Å². The van der Waals surface area contributed by atoms with Crippen molar-refractivity contribution in [2.75, 3.05) is 0 Å². The van der Waals surface area contributed by atoms with Gasteiger partial charge in [-0.25, -0.2) is 0 Å². The average Bonchev–Trinajstić information content (AvgIpc) is 2.93. The minimum atomic E-state index is -0.698. The fourth-order valence-electron chi connectivity index (χ4n) is 5.66. The monoisotopic (exact) mass is 567 g/mol. The maximum absolute atomic E-state index is 12.5. The Morgan fingerprint density at radius 3 is 1.10 bits per heavy atom. The van der Waals surface area contributed by atoms with Crippen molar-refractivity contribution in [1.82, 2.24) is 0 Å². The first-order valence-electron chi connectivity index (χ1n) is 18.0. The third kappa shape index (κ3) is 31.5. The number of hydrogen-bond donors (Lipinski definition) is 1. The fourth-order valence-corrected chi connectivity index (χ4v) is 5.66. The molecule has 4 heteroatoms. The molecule has 0 aliphatic carbocycles. The van der Waals surface area contributed by atoms with Crippen molar-refractivity contribution < 1.29 is 19.4 Å². The van der Waals surface area contributed by atoms with Crippen molar-refractivity contribution >= 4 is 11.9 Å². The highest BCUT2D eigenvalue weighted by atomic mass is 16.5. The summed E-state index contributed by atoms with van der Waals surface area (Å²) in [6.45, 7) is 4.53. The third-order valence-corrected chi connectivity index (χ3v) is 8.33. The summed E-state index contributed by atoms with van der Waals surface area (Å²) in [7, 11) is 0. The Labute approximate surface area is 250 Å². The lowest BCUT2D eigenvalue weighted by Crippen LogP contribution is -2.18. The Hall–Kier alpha value is -1.06. The van der Waals surface area contributed by atoms with Gasteiger partial charge in [0.25, 0.3) is 0 Å². The van der Waals surface area contributed by atoms with Crippen LogP contribution in [0, 0.1) is 0 Å². The van der Waals surface area contributed by atoms with E-state index in [9.17, 15) is 9.59 Å². The summed E-state index contributed by atoms with van der Waals surface area (Å²) < 4.78 is 5.97. The zero-order valence-electron chi connectivity index (χ0n) is 27.2. The Morgan fingerprint density at radius 1 is 0.450 bits per heavy atom. The molecule has 0 aromatic carbocycles. The van der Waals surface area contributed by atoms with Crippen LogP contribution in [0.5, 0.6) is 0 Å². The van der Waals surface area contributed by atoms with Gasteiger partial charge in [-0.05, 0) is 38.5 Å². The molecule has 0 saturated heterocycles. The quantitative estimate of drug-likeness (QED) is 0.0633. The number of ether oxygens (including phenoxy) is 1. The zero-order chi connectivity index (χ0) is 29.4. The van der Waals surface area contributed by atoms with E-state index >= 15 is 0 Å². The van der Waals surface area contributed by atoms with Gasteiger partial charge in [0, 0.05) is 12.8 Å². The van der Waals surface area contributed by atoms with Gasteiger partial charge < -0.3 is 9.84 Å². The van der Waals surface area contributed by atoms with Crippen molar-refractivity contribution in [3.63, 3.8) is 0 Å². The van der Waals surface area contributed by atoms with Crippen molar-refractivity contribution in [2.24, 2.45) is 0 Å². The first kappa shape index (κ1) is 38.9. The zero-order valence-corrected chi connectivity index (χ0v) is 27.2. The summed E-state index contributed by atoms with van der Waals surface area (Å²) in [5, 5.41) is 8.78. The van der Waals surface area contributed by atoms with E-state index in [1.165, 1.54) is 122 Å². The summed E-state index contributed by atoms with van der Waals surface area (Å²) in [5.74, 6) is -0.695. The first-order chi connectivity index (χ1) is 19.6. The van der Waals surface area contributed by atoms with E-state index < -0.39 is 5.97 Å². The highest BCUT2D eigenvalue weighted by molar-refractivity contribution is 5.69. The van der Waals surface area contributed by atoms with Crippen LogP contribution in [0.25, 0.3) is 0 Å². The van der Waals surface area contributed by atoms with Crippen LogP contribution in [-0.2, 0) is 14.3 Å². The molecule has 1 atom stereocenters. The molecule has 0 radical (unpaired) electrons. The largest absolute Gasteiger partial charge is 0.481 e. The Balaban J connectivity index is 4.00. The van der Waals surface area contributed by atoms with Crippen LogP contribution in [0.2, 0.25) is 0 Å². The van der Waals surface area contributed by atoms with Crippen LogP contribution >= 0.6 is 0 Å². The molecule has 0 heterocycles. The number of carbonyl (C=O) groups excluding carboxylic acids is 1. The van der Waals surface area contributed by atoms with Gasteiger partial charge in [-0.1, -0.05) is 162 Å². The van der Waals surface area contributed by atoms with Gasteiger partial charge in [0.05, 0.1) is 0 Å². The lowest BCUT2D eigenvalue weighted by atomic mass is 10.0. The van der Waals surface area contributed by atoms with Crippen molar-refractivity contribution in [3.8, 4) is 0 Å². The van der Waals surface area contributed by atoms with Crippen molar-refractivity contribution in [1.29, 1.82) is 0 Å². The van der Waals surface area contributed by atoms with Gasteiger partial charge >= 0.3 is 11.9 Å². The van der Waals surface area contributed by atoms with E-state index in [0.29, 0.717) is 6.42 Å². The molecule has 0 aliphatic heterocycles. The second-order valence-corrected chi connectivity index (χ2v) is 12.4. The third-order valence-electron chi connectivity index (χ3n) is 8.33. The second-order valence-electron chi connectivity index (χ2n) is 12.4. The van der Waals surface area contributed by atoms with Gasteiger partial charge in [0.15, 0.2) is 0 Å². The number of unbranched alkanes of at least 4 members (excludes halogenated alkanes) is 24. The number of carboxylic acids is 1.